The fraction of sp³-hybridized carbons (Fsp3) is 0.0667. The van der Waals surface area contributed by atoms with Crippen LogP contribution in [0.5, 0.6) is 0 Å². The molecule has 0 fully saturated rings. The summed E-state index contributed by atoms with van der Waals surface area (Å²) in [5, 5.41) is 1.07. The average Bonchev–Trinajstić information content (AvgIpc) is 2.47. The summed E-state index contributed by atoms with van der Waals surface area (Å²) in [5.74, 6) is 0. The summed E-state index contributed by atoms with van der Waals surface area (Å²) in [6, 6.07) is 12.6. The summed E-state index contributed by atoms with van der Waals surface area (Å²) in [6.07, 6.45) is 7.61. The van der Waals surface area contributed by atoms with Crippen LogP contribution < -0.4 is 0 Å². The molecule has 2 nitrogen and oxygen atoms in total. The zero-order valence-electron chi connectivity index (χ0n) is 10.00. The van der Waals surface area contributed by atoms with Gasteiger partial charge >= 0.3 is 0 Å². The first-order valence-corrected chi connectivity index (χ1v) is 6.93. The highest BCUT2D eigenvalue weighted by atomic mass is 32.2. The minimum absolute atomic E-state index is 0.981. The average molecular weight is 252 g/mol. The van der Waals surface area contributed by atoms with Crippen LogP contribution in [0.15, 0.2) is 59.9 Å². The molecule has 2 aromatic heterocycles. The molecule has 18 heavy (non-hydrogen) atoms. The number of rotatable bonds is 2. The molecule has 3 aromatic rings. The van der Waals surface area contributed by atoms with E-state index in [0.717, 1.165) is 16.5 Å². The summed E-state index contributed by atoms with van der Waals surface area (Å²) < 4.78 is 0. The second-order valence-corrected chi connectivity index (χ2v) is 4.90. The van der Waals surface area contributed by atoms with E-state index in [1.54, 1.807) is 18.0 Å². The summed E-state index contributed by atoms with van der Waals surface area (Å²) in [7, 11) is 0. The molecule has 0 N–H and O–H groups in total. The van der Waals surface area contributed by atoms with E-state index in [2.05, 4.69) is 46.6 Å². The minimum atomic E-state index is 0.981. The Morgan fingerprint density at radius 2 is 1.78 bits per heavy atom. The van der Waals surface area contributed by atoms with E-state index in [1.807, 2.05) is 18.5 Å². The predicted octanol–water partition coefficient (Wildman–Crippen LogP) is 4.02. The van der Waals surface area contributed by atoms with Gasteiger partial charge in [-0.05, 0) is 36.1 Å². The molecule has 0 saturated heterocycles. The normalized spacial score (nSPS) is 10.7. The van der Waals surface area contributed by atoms with Crippen molar-refractivity contribution in [3.8, 4) is 11.1 Å². The first kappa shape index (κ1) is 11.2. The number of pyridine rings is 2. The summed E-state index contributed by atoms with van der Waals surface area (Å²) >= 11 is 1.75. The number of thioether (sulfide) groups is 1. The number of aromatic nitrogens is 2. The lowest BCUT2D eigenvalue weighted by Gasteiger charge is -2.04. The number of hydrogen-bond acceptors (Lipinski definition) is 3. The van der Waals surface area contributed by atoms with Gasteiger partial charge in [-0.1, -0.05) is 12.1 Å². The van der Waals surface area contributed by atoms with E-state index in [9.17, 15) is 0 Å². The molecule has 0 unspecified atom stereocenters. The Kier molecular flexibility index (Phi) is 2.99. The summed E-state index contributed by atoms with van der Waals surface area (Å²) in [6.45, 7) is 0. The fourth-order valence-corrected chi connectivity index (χ4v) is 2.32. The van der Waals surface area contributed by atoms with Gasteiger partial charge in [0.15, 0.2) is 0 Å². The number of fused-ring (bicyclic) bond motifs is 1. The van der Waals surface area contributed by atoms with Crippen LogP contribution in [0, 0.1) is 0 Å². The Hall–Kier alpha value is -1.87. The van der Waals surface area contributed by atoms with Gasteiger partial charge in [0, 0.05) is 34.4 Å². The number of benzene rings is 1. The van der Waals surface area contributed by atoms with Crippen molar-refractivity contribution in [2.45, 2.75) is 4.90 Å². The van der Waals surface area contributed by atoms with Crippen molar-refractivity contribution < 1.29 is 0 Å². The van der Waals surface area contributed by atoms with Crippen LogP contribution in [-0.2, 0) is 0 Å². The Balaban J connectivity index is 2.07. The van der Waals surface area contributed by atoms with Gasteiger partial charge in [0.2, 0.25) is 0 Å². The van der Waals surface area contributed by atoms with Gasteiger partial charge in [0.05, 0.1) is 5.52 Å². The summed E-state index contributed by atoms with van der Waals surface area (Å²) in [5.41, 5.74) is 3.30. The molecule has 0 atom stereocenters. The van der Waals surface area contributed by atoms with Crippen molar-refractivity contribution in [2.24, 2.45) is 0 Å². The highest BCUT2D eigenvalue weighted by Crippen LogP contribution is 2.24. The molecular formula is C15H12N2S. The molecule has 88 valence electrons. The van der Waals surface area contributed by atoms with Crippen LogP contribution in [0.4, 0.5) is 0 Å². The molecule has 3 heteroatoms. The lowest BCUT2D eigenvalue weighted by Crippen LogP contribution is -1.84. The third kappa shape index (κ3) is 2.09. The van der Waals surface area contributed by atoms with E-state index < -0.39 is 0 Å². The van der Waals surface area contributed by atoms with Gasteiger partial charge in [0.25, 0.3) is 0 Å². The van der Waals surface area contributed by atoms with Crippen molar-refractivity contribution in [1.82, 2.24) is 9.97 Å². The van der Waals surface area contributed by atoms with Gasteiger partial charge in [-0.15, -0.1) is 11.8 Å². The van der Waals surface area contributed by atoms with Gasteiger partial charge in [-0.25, -0.2) is 0 Å². The van der Waals surface area contributed by atoms with Crippen LogP contribution in [0.3, 0.4) is 0 Å². The Labute approximate surface area is 110 Å². The minimum Gasteiger partial charge on any atom is -0.264 e. The predicted molar refractivity (Wildman–Crippen MR) is 76.8 cm³/mol. The van der Waals surface area contributed by atoms with E-state index in [-0.39, 0.29) is 0 Å². The molecular weight excluding hydrogens is 240 g/mol. The van der Waals surface area contributed by atoms with Gasteiger partial charge in [-0.2, -0.15) is 0 Å². The molecule has 0 spiro atoms. The van der Waals surface area contributed by atoms with Gasteiger partial charge < -0.3 is 0 Å². The second kappa shape index (κ2) is 4.78. The van der Waals surface area contributed by atoms with Crippen molar-refractivity contribution >= 4 is 22.7 Å². The lowest BCUT2D eigenvalue weighted by molar-refractivity contribution is 1.32. The highest BCUT2D eigenvalue weighted by Gasteiger charge is 2.01. The maximum atomic E-state index is 4.45. The zero-order chi connectivity index (χ0) is 12.4. The molecule has 2 heterocycles. The van der Waals surface area contributed by atoms with Gasteiger partial charge in [0.1, 0.15) is 0 Å². The summed E-state index contributed by atoms with van der Waals surface area (Å²) in [4.78, 5) is 9.86. The largest absolute Gasteiger partial charge is 0.264 e. The molecule has 0 aliphatic rings. The molecule has 0 saturated carbocycles. The van der Waals surface area contributed by atoms with E-state index >= 15 is 0 Å². The Morgan fingerprint density at radius 1 is 0.944 bits per heavy atom. The molecule has 0 radical (unpaired) electrons. The van der Waals surface area contributed by atoms with Crippen molar-refractivity contribution in [1.29, 1.82) is 0 Å². The third-order valence-electron chi connectivity index (χ3n) is 2.90. The standard InChI is InChI=1S/C15H12N2S/c1-18-14-4-2-11(3-5-14)12-8-13-9-16-7-6-15(13)17-10-12/h2-10H,1H3. The van der Waals surface area contributed by atoms with Crippen molar-refractivity contribution in [3.63, 3.8) is 0 Å². The topological polar surface area (TPSA) is 25.8 Å². The maximum absolute atomic E-state index is 4.45. The van der Waals surface area contributed by atoms with E-state index in [1.165, 1.54) is 10.5 Å². The SMILES string of the molecule is CSc1ccc(-c2cnc3ccncc3c2)cc1. The quantitative estimate of drug-likeness (QED) is 0.644. The van der Waals surface area contributed by atoms with E-state index in [0.29, 0.717) is 0 Å². The van der Waals surface area contributed by atoms with Crippen molar-refractivity contribution in [2.75, 3.05) is 6.26 Å². The first-order chi connectivity index (χ1) is 8.86. The second-order valence-electron chi connectivity index (χ2n) is 4.02. The van der Waals surface area contributed by atoms with Crippen LogP contribution >= 0.6 is 11.8 Å². The molecule has 0 aliphatic carbocycles. The Morgan fingerprint density at radius 3 is 2.56 bits per heavy atom. The van der Waals surface area contributed by atoms with Crippen LogP contribution in [-0.4, -0.2) is 16.2 Å². The smallest absolute Gasteiger partial charge is 0.0733 e. The molecule has 0 bridgehead atoms. The maximum Gasteiger partial charge on any atom is 0.0733 e. The van der Waals surface area contributed by atoms with Crippen LogP contribution in [0.1, 0.15) is 0 Å². The molecule has 3 rings (SSSR count). The van der Waals surface area contributed by atoms with E-state index in [4.69, 9.17) is 0 Å². The monoisotopic (exact) mass is 252 g/mol. The molecule has 1 aromatic carbocycles. The van der Waals surface area contributed by atoms with Crippen LogP contribution in [0.2, 0.25) is 0 Å². The highest BCUT2D eigenvalue weighted by molar-refractivity contribution is 7.98. The molecule has 0 amide bonds. The lowest BCUT2D eigenvalue weighted by atomic mass is 10.1. The zero-order valence-corrected chi connectivity index (χ0v) is 10.8. The Bertz CT molecular complexity index is 677. The van der Waals surface area contributed by atoms with Crippen LogP contribution in [0.25, 0.3) is 22.0 Å². The number of hydrogen-bond donors (Lipinski definition) is 0. The van der Waals surface area contributed by atoms with Crippen molar-refractivity contribution in [3.05, 3.63) is 55.0 Å². The number of nitrogens with zero attached hydrogens (tertiary/aromatic N) is 2. The molecule has 0 aliphatic heterocycles. The third-order valence-corrected chi connectivity index (χ3v) is 3.65. The van der Waals surface area contributed by atoms with Gasteiger partial charge in [-0.3, -0.25) is 9.97 Å². The fourth-order valence-electron chi connectivity index (χ4n) is 1.91. The first-order valence-electron chi connectivity index (χ1n) is 5.71.